The SMILES string of the molecule is COCc1ccc(OC(F)F)c(CNC(=O)Nc2c(C)c(OC3CC4(C3)CN(C(=O)OC(C)(C)C)C4)nn2-c2ccccc2)c1. The van der Waals surface area contributed by atoms with Crippen LogP contribution in [0, 0.1) is 12.3 Å². The van der Waals surface area contributed by atoms with Gasteiger partial charge in [-0.05, 0) is 70.4 Å². The number of halogens is 2. The van der Waals surface area contributed by atoms with Crippen molar-refractivity contribution < 1.29 is 37.3 Å². The highest BCUT2D eigenvalue weighted by molar-refractivity contribution is 5.89. The summed E-state index contributed by atoms with van der Waals surface area (Å²) in [5, 5.41) is 10.3. The Kier molecular flexibility index (Phi) is 9.19. The minimum Gasteiger partial charge on any atom is -0.473 e. The Bertz CT molecular complexity index is 1510. The molecule has 1 saturated carbocycles. The summed E-state index contributed by atoms with van der Waals surface area (Å²) < 4.78 is 49.1. The van der Waals surface area contributed by atoms with Gasteiger partial charge in [-0.1, -0.05) is 24.3 Å². The lowest BCUT2D eigenvalue weighted by atomic mass is 9.62. The number of hydrogen-bond acceptors (Lipinski definition) is 7. The largest absolute Gasteiger partial charge is 0.473 e. The molecule has 2 heterocycles. The van der Waals surface area contributed by atoms with Crippen LogP contribution in [0.15, 0.2) is 48.5 Å². The molecule has 45 heavy (non-hydrogen) atoms. The number of nitrogens with one attached hydrogen (secondary N) is 2. The number of amides is 3. The molecule has 0 bridgehead atoms. The van der Waals surface area contributed by atoms with Crippen LogP contribution in [-0.4, -0.2) is 65.3 Å². The Labute approximate surface area is 260 Å². The molecule has 1 aliphatic heterocycles. The molecule has 13 heteroatoms. The van der Waals surface area contributed by atoms with Gasteiger partial charge in [0, 0.05) is 37.7 Å². The molecule has 2 fully saturated rings. The van der Waals surface area contributed by atoms with Crippen molar-refractivity contribution in [2.75, 3.05) is 25.5 Å². The van der Waals surface area contributed by atoms with E-state index in [2.05, 4.69) is 20.5 Å². The third-order valence-electron chi connectivity index (χ3n) is 7.71. The molecule has 0 atom stereocenters. The van der Waals surface area contributed by atoms with Crippen LogP contribution in [0.3, 0.4) is 0 Å². The van der Waals surface area contributed by atoms with Gasteiger partial charge >= 0.3 is 18.7 Å². The lowest BCUT2D eigenvalue weighted by Gasteiger charge is -2.57. The van der Waals surface area contributed by atoms with Gasteiger partial charge in [0.1, 0.15) is 23.3 Å². The number of ether oxygens (including phenoxy) is 4. The zero-order chi connectivity index (χ0) is 32.4. The molecule has 2 aromatic carbocycles. The van der Waals surface area contributed by atoms with Gasteiger partial charge in [0.25, 0.3) is 0 Å². The Morgan fingerprint density at radius 1 is 1.11 bits per heavy atom. The molecular formula is C32H39F2N5O6. The molecule has 3 aromatic rings. The van der Waals surface area contributed by atoms with E-state index >= 15 is 0 Å². The first kappa shape index (κ1) is 32.0. The molecule has 1 spiro atoms. The van der Waals surface area contributed by atoms with E-state index in [1.807, 2.05) is 58.0 Å². The zero-order valence-electron chi connectivity index (χ0n) is 26.1. The maximum Gasteiger partial charge on any atom is 0.410 e. The molecule has 242 valence electrons. The maximum absolute atomic E-state index is 13.1. The van der Waals surface area contributed by atoms with Crippen LogP contribution in [0.25, 0.3) is 5.69 Å². The van der Waals surface area contributed by atoms with E-state index in [0.29, 0.717) is 41.6 Å². The summed E-state index contributed by atoms with van der Waals surface area (Å²) in [7, 11) is 1.53. The highest BCUT2D eigenvalue weighted by atomic mass is 19.3. The first-order chi connectivity index (χ1) is 21.3. The van der Waals surface area contributed by atoms with Gasteiger partial charge in [0.15, 0.2) is 0 Å². The Hall–Kier alpha value is -4.39. The third kappa shape index (κ3) is 7.64. The Morgan fingerprint density at radius 3 is 2.47 bits per heavy atom. The topological polar surface area (TPSA) is 116 Å². The molecule has 3 amide bonds. The van der Waals surface area contributed by atoms with Crippen molar-refractivity contribution >= 4 is 17.9 Å². The van der Waals surface area contributed by atoms with Crippen molar-refractivity contribution in [2.24, 2.45) is 5.41 Å². The summed E-state index contributed by atoms with van der Waals surface area (Å²) >= 11 is 0. The fourth-order valence-electron chi connectivity index (χ4n) is 5.68. The van der Waals surface area contributed by atoms with Crippen LogP contribution in [0.1, 0.15) is 50.3 Å². The second-order valence-electron chi connectivity index (χ2n) is 12.6. The van der Waals surface area contributed by atoms with Crippen molar-refractivity contribution in [3.05, 3.63) is 65.2 Å². The van der Waals surface area contributed by atoms with Crippen LogP contribution < -0.4 is 20.1 Å². The number of para-hydroxylation sites is 1. The number of carbonyl (C=O) groups excluding carboxylic acids is 2. The smallest absolute Gasteiger partial charge is 0.410 e. The number of carbonyl (C=O) groups is 2. The lowest BCUT2D eigenvalue weighted by Crippen LogP contribution is -2.66. The number of hydrogen-bond donors (Lipinski definition) is 2. The number of benzene rings is 2. The first-order valence-corrected chi connectivity index (χ1v) is 14.7. The summed E-state index contributed by atoms with van der Waals surface area (Å²) in [5.41, 5.74) is 1.94. The molecule has 1 aromatic heterocycles. The fourth-order valence-corrected chi connectivity index (χ4v) is 5.68. The number of urea groups is 1. The van der Waals surface area contributed by atoms with E-state index in [4.69, 9.17) is 14.2 Å². The van der Waals surface area contributed by atoms with Gasteiger partial charge in [0.2, 0.25) is 5.88 Å². The van der Waals surface area contributed by atoms with Gasteiger partial charge in [-0.25, -0.2) is 14.3 Å². The molecule has 2 N–H and O–H groups in total. The zero-order valence-corrected chi connectivity index (χ0v) is 26.1. The number of nitrogens with zero attached hydrogens (tertiary/aromatic N) is 3. The fraction of sp³-hybridized carbons (Fsp3) is 0.469. The van der Waals surface area contributed by atoms with Crippen molar-refractivity contribution in [1.29, 1.82) is 0 Å². The molecule has 0 radical (unpaired) electrons. The van der Waals surface area contributed by atoms with Crippen LogP contribution >= 0.6 is 0 Å². The standard InChI is InChI=1S/C32H39F2N5O6/c1-20-26(36-29(40)35-16-22-13-21(17-42-5)11-12-25(22)44-28(33)34)39(23-9-7-6-8-10-23)37-27(20)43-24-14-32(15-24)18-38(19-32)30(41)45-31(2,3)4/h6-13,24,28H,14-19H2,1-5H3,(H2,35,36,40). The van der Waals surface area contributed by atoms with E-state index in [1.54, 1.807) is 21.7 Å². The number of aromatic nitrogens is 2. The first-order valence-electron chi connectivity index (χ1n) is 14.7. The summed E-state index contributed by atoms with van der Waals surface area (Å²) in [4.78, 5) is 27.2. The van der Waals surface area contributed by atoms with Crippen LogP contribution in [-0.2, 0) is 22.6 Å². The molecule has 2 aliphatic rings. The van der Waals surface area contributed by atoms with E-state index in [-0.39, 0.29) is 36.5 Å². The van der Waals surface area contributed by atoms with Crippen molar-refractivity contribution in [3.8, 4) is 17.3 Å². The van der Waals surface area contributed by atoms with Gasteiger partial charge in [-0.2, -0.15) is 8.78 Å². The summed E-state index contributed by atoms with van der Waals surface area (Å²) in [6, 6.07) is 13.4. The summed E-state index contributed by atoms with van der Waals surface area (Å²) in [6.45, 7) is 5.81. The van der Waals surface area contributed by atoms with Crippen LogP contribution in [0.5, 0.6) is 11.6 Å². The molecule has 11 nitrogen and oxygen atoms in total. The summed E-state index contributed by atoms with van der Waals surface area (Å²) in [5.74, 6) is 0.752. The third-order valence-corrected chi connectivity index (χ3v) is 7.71. The molecular weight excluding hydrogens is 588 g/mol. The number of methoxy groups -OCH3 is 1. The quantitative estimate of drug-likeness (QED) is 0.282. The van der Waals surface area contributed by atoms with Crippen LogP contribution in [0.4, 0.5) is 24.2 Å². The normalized spacial score (nSPS) is 15.8. The Morgan fingerprint density at radius 2 is 1.82 bits per heavy atom. The van der Waals surface area contributed by atoms with E-state index in [0.717, 1.165) is 18.4 Å². The predicted octanol–water partition coefficient (Wildman–Crippen LogP) is 6.03. The number of anilines is 1. The van der Waals surface area contributed by atoms with Crippen molar-refractivity contribution in [2.45, 2.75) is 72.0 Å². The molecule has 1 aliphatic carbocycles. The lowest BCUT2D eigenvalue weighted by molar-refractivity contribution is -0.117. The summed E-state index contributed by atoms with van der Waals surface area (Å²) in [6.07, 6.45) is 1.17. The van der Waals surface area contributed by atoms with Gasteiger partial charge in [0.05, 0.1) is 17.9 Å². The minimum absolute atomic E-state index is 0.0197. The Balaban J connectivity index is 1.25. The van der Waals surface area contributed by atoms with E-state index < -0.39 is 18.2 Å². The van der Waals surface area contributed by atoms with Gasteiger partial charge in [-0.3, -0.25) is 5.32 Å². The highest BCUT2D eigenvalue weighted by Crippen LogP contribution is 2.50. The second kappa shape index (κ2) is 12.9. The maximum atomic E-state index is 13.1. The van der Waals surface area contributed by atoms with Gasteiger partial charge in [-0.15, -0.1) is 5.10 Å². The second-order valence-corrected chi connectivity index (χ2v) is 12.6. The minimum atomic E-state index is -3.01. The number of likely N-dealkylation sites (tertiary alicyclic amines) is 1. The molecule has 0 unspecified atom stereocenters. The molecule has 1 saturated heterocycles. The monoisotopic (exact) mass is 627 g/mol. The number of rotatable bonds is 10. The predicted molar refractivity (Wildman–Crippen MR) is 162 cm³/mol. The van der Waals surface area contributed by atoms with Crippen molar-refractivity contribution in [3.63, 3.8) is 0 Å². The van der Waals surface area contributed by atoms with Crippen LogP contribution in [0.2, 0.25) is 0 Å². The molecule has 5 rings (SSSR count). The average molecular weight is 628 g/mol. The van der Waals surface area contributed by atoms with Crippen molar-refractivity contribution in [1.82, 2.24) is 20.0 Å². The highest BCUT2D eigenvalue weighted by Gasteiger charge is 2.55. The van der Waals surface area contributed by atoms with E-state index in [1.165, 1.54) is 13.2 Å². The van der Waals surface area contributed by atoms with Gasteiger partial charge < -0.3 is 29.2 Å². The average Bonchev–Trinajstić information content (AvgIpc) is 3.23. The number of alkyl halides is 2. The van der Waals surface area contributed by atoms with E-state index in [9.17, 15) is 18.4 Å².